The number of hydrogen-bond donors (Lipinski definition) is 2. The number of benzene rings is 2. The van der Waals surface area contributed by atoms with Gasteiger partial charge in [0.2, 0.25) is 6.79 Å². The smallest absolute Gasteiger partial charge is 0.255 e. The number of nitrogens with two attached hydrogens (primary N) is 1. The van der Waals surface area contributed by atoms with Gasteiger partial charge in [0.15, 0.2) is 11.5 Å². The molecule has 2 aliphatic rings. The lowest BCUT2D eigenvalue weighted by Gasteiger charge is -2.27. The molecule has 8 nitrogen and oxygen atoms in total. The van der Waals surface area contributed by atoms with Crippen LogP contribution in [0, 0.1) is 0 Å². The van der Waals surface area contributed by atoms with Gasteiger partial charge in [0, 0.05) is 42.9 Å². The van der Waals surface area contributed by atoms with E-state index >= 15 is 0 Å². The van der Waals surface area contributed by atoms with E-state index in [2.05, 4.69) is 9.88 Å². The SMILES string of the molecule is Nc1ccc(-c2nc3c(c(=O)[nH]2)CN(Cc2cccc(-c4ccc5c(c4)OCO5)n2)CC3)cc1. The molecule has 0 amide bonds. The summed E-state index contributed by atoms with van der Waals surface area (Å²) in [5.74, 6) is 2.07. The van der Waals surface area contributed by atoms with Gasteiger partial charge in [-0.05, 0) is 54.6 Å². The Kier molecular flexibility index (Phi) is 5.00. The van der Waals surface area contributed by atoms with Crippen molar-refractivity contribution in [2.24, 2.45) is 0 Å². The van der Waals surface area contributed by atoms with Gasteiger partial charge < -0.3 is 20.2 Å². The third kappa shape index (κ3) is 3.88. The van der Waals surface area contributed by atoms with Crippen LogP contribution < -0.4 is 20.8 Å². The highest BCUT2D eigenvalue weighted by molar-refractivity contribution is 5.64. The van der Waals surface area contributed by atoms with Crippen molar-refractivity contribution < 1.29 is 9.47 Å². The first-order valence-corrected chi connectivity index (χ1v) is 11.2. The first-order valence-electron chi connectivity index (χ1n) is 11.2. The molecule has 2 aromatic heterocycles. The zero-order valence-corrected chi connectivity index (χ0v) is 18.5. The third-order valence-corrected chi connectivity index (χ3v) is 6.19. The fourth-order valence-corrected chi connectivity index (χ4v) is 4.41. The molecule has 3 N–H and O–H groups in total. The number of nitrogens with zero attached hydrogens (tertiary/aromatic N) is 3. The number of ether oxygens (including phenoxy) is 2. The molecular formula is C26H23N5O3. The van der Waals surface area contributed by atoms with Gasteiger partial charge in [0.1, 0.15) is 5.82 Å². The van der Waals surface area contributed by atoms with Crippen molar-refractivity contribution >= 4 is 5.69 Å². The molecule has 6 rings (SSSR count). The number of pyridine rings is 1. The van der Waals surface area contributed by atoms with Crippen molar-refractivity contribution in [1.82, 2.24) is 19.9 Å². The molecule has 4 heterocycles. The van der Waals surface area contributed by atoms with Crippen LogP contribution in [0.1, 0.15) is 17.0 Å². The second-order valence-electron chi connectivity index (χ2n) is 8.50. The maximum absolute atomic E-state index is 12.9. The Hall–Kier alpha value is -4.17. The number of hydrogen-bond acceptors (Lipinski definition) is 7. The van der Waals surface area contributed by atoms with Gasteiger partial charge >= 0.3 is 0 Å². The molecule has 0 fully saturated rings. The van der Waals surface area contributed by atoms with Crippen LogP contribution >= 0.6 is 0 Å². The first-order chi connectivity index (χ1) is 16.6. The van der Waals surface area contributed by atoms with Crippen molar-refractivity contribution in [2.75, 3.05) is 19.1 Å². The molecule has 0 saturated carbocycles. The van der Waals surface area contributed by atoms with Gasteiger partial charge in [-0.2, -0.15) is 0 Å². The fourth-order valence-electron chi connectivity index (χ4n) is 4.41. The number of aromatic amines is 1. The van der Waals surface area contributed by atoms with Crippen LogP contribution in [0.2, 0.25) is 0 Å². The van der Waals surface area contributed by atoms with Gasteiger partial charge in [0.25, 0.3) is 5.56 Å². The normalized spacial score (nSPS) is 14.7. The number of nitrogen functional groups attached to an aromatic ring is 1. The molecule has 4 aromatic rings. The van der Waals surface area contributed by atoms with Crippen molar-refractivity contribution in [1.29, 1.82) is 0 Å². The Morgan fingerprint density at radius 3 is 2.68 bits per heavy atom. The van der Waals surface area contributed by atoms with E-state index < -0.39 is 0 Å². The average molecular weight is 454 g/mol. The van der Waals surface area contributed by atoms with E-state index in [-0.39, 0.29) is 12.4 Å². The maximum Gasteiger partial charge on any atom is 0.255 e. The third-order valence-electron chi connectivity index (χ3n) is 6.19. The molecule has 0 unspecified atom stereocenters. The van der Waals surface area contributed by atoms with E-state index in [4.69, 9.17) is 25.2 Å². The standard InChI is InChI=1S/C26H23N5O3/c27-18-7-4-16(5-8-18)25-29-22-10-11-31(14-20(22)26(32)30-25)13-19-2-1-3-21(28-19)17-6-9-23-24(12-17)34-15-33-23/h1-9,12H,10-11,13-15,27H2,(H,29,30,32). The summed E-state index contributed by atoms with van der Waals surface area (Å²) in [4.78, 5) is 27.6. The Morgan fingerprint density at radius 1 is 0.971 bits per heavy atom. The van der Waals surface area contributed by atoms with Crippen LogP contribution in [-0.4, -0.2) is 33.2 Å². The van der Waals surface area contributed by atoms with Gasteiger partial charge in [-0.25, -0.2) is 4.98 Å². The molecule has 0 bridgehead atoms. The Morgan fingerprint density at radius 2 is 1.79 bits per heavy atom. The van der Waals surface area contributed by atoms with Crippen LogP contribution in [-0.2, 0) is 19.5 Å². The van der Waals surface area contributed by atoms with Crippen LogP contribution in [0.3, 0.4) is 0 Å². The van der Waals surface area contributed by atoms with E-state index in [0.717, 1.165) is 51.8 Å². The van der Waals surface area contributed by atoms with Gasteiger partial charge in [-0.15, -0.1) is 0 Å². The van der Waals surface area contributed by atoms with Gasteiger partial charge in [-0.3, -0.25) is 14.7 Å². The van der Waals surface area contributed by atoms with Gasteiger partial charge in [-0.1, -0.05) is 6.07 Å². The largest absolute Gasteiger partial charge is 0.454 e. The van der Waals surface area contributed by atoms with E-state index in [9.17, 15) is 4.79 Å². The minimum Gasteiger partial charge on any atom is -0.454 e. The molecule has 0 atom stereocenters. The zero-order chi connectivity index (χ0) is 23.1. The van der Waals surface area contributed by atoms with Crippen LogP contribution in [0.4, 0.5) is 5.69 Å². The molecular weight excluding hydrogens is 430 g/mol. The van der Waals surface area contributed by atoms with E-state index in [1.807, 2.05) is 48.5 Å². The number of nitrogens with one attached hydrogen (secondary N) is 1. The zero-order valence-electron chi connectivity index (χ0n) is 18.5. The maximum atomic E-state index is 12.9. The number of fused-ring (bicyclic) bond motifs is 2. The van der Waals surface area contributed by atoms with Crippen LogP contribution in [0.15, 0.2) is 65.5 Å². The van der Waals surface area contributed by atoms with Crippen molar-refractivity contribution in [3.8, 4) is 34.1 Å². The first kappa shape index (κ1) is 20.4. The number of rotatable bonds is 4. The highest BCUT2D eigenvalue weighted by Crippen LogP contribution is 2.35. The summed E-state index contributed by atoms with van der Waals surface area (Å²) in [6.45, 7) is 2.24. The second kappa shape index (κ2) is 8.31. The van der Waals surface area contributed by atoms with E-state index in [0.29, 0.717) is 31.0 Å². The lowest BCUT2D eigenvalue weighted by molar-refractivity contribution is 0.174. The molecule has 0 spiro atoms. The van der Waals surface area contributed by atoms with E-state index in [1.165, 1.54) is 0 Å². The molecule has 170 valence electrons. The monoisotopic (exact) mass is 453 g/mol. The second-order valence-corrected chi connectivity index (χ2v) is 8.50. The summed E-state index contributed by atoms with van der Waals surface area (Å²) >= 11 is 0. The summed E-state index contributed by atoms with van der Waals surface area (Å²) in [7, 11) is 0. The Bertz CT molecular complexity index is 1430. The predicted molar refractivity (Wildman–Crippen MR) is 128 cm³/mol. The van der Waals surface area contributed by atoms with Crippen molar-refractivity contribution in [3.05, 3.63) is 88.0 Å². The topological polar surface area (TPSA) is 106 Å². The fraction of sp³-hybridized carbons (Fsp3) is 0.192. The number of aromatic nitrogens is 3. The molecule has 34 heavy (non-hydrogen) atoms. The quantitative estimate of drug-likeness (QED) is 0.456. The van der Waals surface area contributed by atoms with E-state index in [1.54, 1.807) is 12.1 Å². The summed E-state index contributed by atoms with van der Waals surface area (Å²) in [6, 6.07) is 19.2. The van der Waals surface area contributed by atoms with Crippen molar-refractivity contribution in [2.45, 2.75) is 19.5 Å². The summed E-state index contributed by atoms with van der Waals surface area (Å²) < 4.78 is 10.9. The highest BCUT2D eigenvalue weighted by Gasteiger charge is 2.22. The minimum atomic E-state index is -0.0939. The Balaban J connectivity index is 1.21. The van der Waals surface area contributed by atoms with Crippen LogP contribution in [0.25, 0.3) is 22.6 Å². The number of anilines is 1. The molecule has 0 radical (unpaired) electrons. The highest BCUT2D eigenvalue weighted by atomic mass is 16.7. The molecule has 0 aliphatic carbocycles. The summed E-state index contributed by atoms with van der Waals surface area (Å²) in [5, 5.41) is 0. The molecule has 2 aliphatic heterocycles. The lowest BCUT2D eigenvalue weighted by Crippen LogP contribution is -2.35. The average Bonchev–Trinajstić information content (AvgIpc) is 3.33. The molecule has 2 aromatic carbocycles. The minimum absolute atomic E-state index is 0.0939. The van der Waals surface area contributed by atoms with Crippen LogP contribution in [0.5, 0.6) is 11.5 Å². The summed E-state index contributed by atoms with van der Waals surface area (Å²) in [6.07, 6.45) is 0.711. The molecule has 8 heteroatoms. The lowest BCUT2D eigenvalue weighted by atomic mass is 10.1. The predicted octanol–water partition coefficient (Wildman–Crippen LogP) is 3.37. The Labute approximate surface area is 196 Å². The van der Waals surface area contributed by atoms with Crippen molar-refractivity contribution in [3.63, 3.8) is 0 Å². The number of H-pyrrole nitrogens is 1. The summed E-state index contributed by atoms with van der Waals surface area (Å²) in [5.41, 5.74) is 11.6. The van der Waals surface area contributed by atoms with Gasteiger partial charge in [0.05, 0.1) is 22.6 Å². The molecule has 0 saturated heterocycles.